The molecule has 0 aliphatic carbocycles. The van der Waals surface area contributed by atoms with Crippen molar-refractivity contribution in [3.05, 3.63) is 58.7 Å². The van der Waals surface area contributed by atoms with Gasteiger partial charge in [0.25, 0.3) is 0 Å². The normalized spacial score (nSPS) is 10.7. The lowest BCUT2D eigenvalue weighted by Crippen LogP contribution is -2.05. The highest BCUT2D eigenvalue weighted by atomic mass is 16.3. The van der Waals surface area contributed by atoms with Crippen LogP contribution in [-0.4, -0.2) is 16.0 Å². The molecule has 23 heavy (non-hydrogen) atoms. The zero-order valence-electron chi connectivity index (χ0n) is 13.8. The first-order valence-electron chi connectivity index (χ1n) is 8.20. The average Bonchev–Trinajstić information content (AvgIpc) is 2.54. The highest BCUT2D eigenvalue weighted by molar-refractivity contribution is 6.11. The van der Waals surface area contributed by atoms with Crippen LogP contribution in [0.1, 0.15) is 59.7 Å². The molecular weight excluding hydrogens is 288 g/mol. The Balaban J connectivity index is 2.30. The van der Waals surface area contributed by atoms with Crippen LogP contribution in [0.15, 0.2) is 36.4 Å². The molecule has 0 amide bonds. The van der Waals surface area contributed by atoms with Crippen molar-refractivity contribution >= 4 is 5.78 Å². The van der Waals surface area contributed by atoms with E-state index in [1.54, 1.807) is 6.07 Å². The standard InChI is InChI=1S/C20H24O3/c1-3-4-5-6-11-16-18(21)13-12-17(20(16)23)19(22)15-10-8-7-9-14(15)2/h7-10,12-13,21,23H,3-6,11H2,1-2H3. The number of phenolic OH excluding ortho intramolecular Hbond substituents is 2. The van der Waals surface area contributed by atoms with Gasteiger partial charge in [-0.2, -0.15) is 0 Å². The van der Waals surface area contributed by atoms with E-state index in [2.05, 4.69) is 6.92 Å². The van der Waals surface area contributed by atoms with Gasteiger partial charge in [0, 0.05) is 11.1 Å². The molecule has 122 valence electrons. The van der Waals surface area contributed by atoms with Crippen molar-refractivity contribution in [3.63, 3.8) is 0 Å². The minimum atomic E-state index is -0.213. The third-order valence-electron chi connectivity index (χ3n) is 4.17. The Morgan fingerprint density at radius 2 is 1.70 bits per heavy atom. The average molecular weight is 312 g/mol. The number of aryl methyl sites for hydroxylation is 1. The summed E-state index contributed by atoms with van der Waals surface area (Å²) >= 11 is 0. The molecule has 3 nitrogen and oxygen atoms in total. The number of rotatable bonds is 7. The molecule has 0 saturated carbocycles. The van der Waals surface area contributed by atoms with Gasteiger partial charge in [-0.05, 0) is 37.5 Å². The fourth-order valence-corrected chi connectivity index (χ4v) is 2.76. The van der Waals surface area contributed by atoms with E-state index in [0.29, 0.717) is 17.5 Å². The van der Waals surface area contributed by atoms with Gasteiger partial charge in [-0.25, -0.2) is 0 Å². The number of carbonyl (C=O) groups excluding carboxylic acids is 1. The van der Waals surface area contributed by atoms with Gasteiger partial charge < -0.3 is 10.2 Å². The molecule has 0 fully saturated rings. The Labute approximate surface area is 137 Å². The van der Waals surface area contributed by atoms with Crippen molar-refractivity contribution in [1.29, 1.82) is 0 Å². The molecule has 2 aromatic rings. The summed E-state index contributed by atoms with van der Waals surface area (Å²) in [6.07, 6.45) is 4.77. The maximum absolute atomic E-state index is 12.7. The Morgan fingerprint density at radius 3 is 2.39 bits per heavy atom. The first kappa shape index (κ1) is 17.1. The van der Waals surface area contributed by atoms with Crippen molar-refractivity contribution in [3.8, 4) is 11.5 Å². The van der Waals surface area contributed by atoms with Crippen LogP contribution in [0.2, 0.25) is 0 Å². The highest BCUT2D eigenvalue weighted by Gasteiger charge is 2.19. The summed E-state index contributed by atoms with van der Waals surface area (Å²) in [6, 6.07) is 10.3. The molecule has 0 radical (unpaired) electrons. The van der Waals surface area contributed by atoms with E-state index in [-0.39, 0.29) is 22.8 Å². The van der Waals surface area contributed by atoms with Gasteiger partial charge >= 0.3 is 0 Å². The van der Waals surface area contributed by atoms with Crippen LogP contribution in [-0.2, 0) is 6.42 Å². The first-order valence-corrected chi connectivity index (χ1v) is 8.20. The van der Waals surface area contributed by atoms with E-state index < -0.39 is 0 Å². The number of phenols is 2. The summed E-state index contributed by atoms with van der Waals surface area (Å²) in [4.78, 5) is 12.7. The van der Waals surface area contributed by atoms with E-state index in [9.17, 15) is 15.0 Å². The second kappa shape index (κ2) is 7.82. The lowest BCUT2D eigenvalue weighted by Gasteiger charge is -2.12. The SMILES string of the molecule is CCCCCCc1c(O)ccc(C(=O)c2ccccc2C)c1O. The van der Waals surface area contributed by atoms with E-state index in [4.69, 9.17) is 0 Å². The molecule has 2 N–H and O–H groups in total. The summed E-state index contributed by atoms with van der Waals surface area (Å²) < 4.78 is 0. The molecule has 0 spiro atoms. The van der Waals surface area contributed by atoms with Gasteiger partial charge in [0.1, 0.15) is 11.5 Å². The molecule has 0 saturated heterocycles. The number of aromatic hydroxyl groups is 2. The van der Waals surface area contributed by atoms with E-state index >= 15 is 0 Å². The van der Waals surface area contributed by atoms with Crippen molar-refractivity contribution in [2.24, 2.45) is 0 Å². The Hall–Kier alpha value is -2.29. The number of unbranched alkanes of at least 4 members (excludes halogenated alkanes) is 3. The van der Waals surface area contributed by atoms with Crippen LogP contribution in [0.3, 0.4) is 0 Å². The Morgan fingerprint density at radius 1 is 0.957 bits per heavy atom. The minimum absolute atomic E-state index is 0.0559. The molecule has 0 bridgehead atoms. The van der Waals surface area contributed by atoms with E-state index in [1.165, 1.54) is 12.1 Å². The van der Waals surface area contributed by atoms with Gasteiger partial charge in [-0.15, -0.1) is 0 Å². The predicted molar refractivity (Wildman–Crippen MR) is 92.2 cm³/mol. The molecule has 3 heteroatoms. The molecule has 0 aliphatic rings. The van der Waals surface area contributed by atoms with E-state index in [1.807, 2.05) is 25.1 Å². The number of carbonyl (C=O) groups is 1. The zero-order chi connectivity index (χ0) is 16.8. The second-order valence-electron chi connectivity index (χ2n) is 5.91. The summed E-state index contributed by atoms with van der Waals surface area (Å²) in [6.45, 7) is 4.01. The number of benzene rings is 2. The topological polar surface area (TPSA) is 57.5 Å². The monoisotopic (exact) mass is 312 g/mol. The number of ketones is 1. The minimum Gasteiger partial charge on any atom is -0.508 e. The predicted octanol–water partition coefficient (Wildman–Crippen LogP) is 4.76. The molecule has 0 unspecified atom stereocenters. The molecular formula is C20H24O3. The maximum Gasteiger partial charge on any atom is 0.197 e. The summed E-state index contributed by atoms with van der Waals surface area (Å²) in [5, 5.41) is 20.5. The van der Waals surface area contributed by atoms with Crippen molar-refractivity contribution in [2.75, 3.05) is 0 Å². The van der Waals surface area contributed by atoms with Crippen LogP contribution >= 0.6 is 0 Å². The maximum atomic E-state index is 12.7. The third-order valence-corrected chi connectivity index (χ3v) is 4.17. The number of hydrogen-bond acceptors (Lipinski definition) is 3. The lowest BCUT2D eigenvalue weighted by molar-refractivity contribution is 0.103. The summed E-state index contributed by atoms with van der Waals surface area (Å²) in [5.41, 5.74) is 2.17. The molecule has 0 aliphatic heterocycles. The van der Waals surface area contributed by atoms with Crippen LogP contribution in [0.25, 0.3) is 0 Å². The van der Waals surface area contributed by atoms with Crippen LogP contribution in [0.5, 0.6) is 11.5 Å². The lowest BCUT2D eigenvalue weighted by atomic mass is 9.94. The van der Waals surface area contributed by atoms with E-state index in [0.717, 1.165) is 31.2 Å². The third kappa shape index (κ3) is 3.92. The van der Waals surface area contributed by atoms with Gasteiger partial charge in [-0.1, -0.05) is 50.5 Å². The summed E-state index contributed by atoms with van der Waals surface area (Å²) in [5.74, 6) is -0.245. The Kier molecular flexibility index (Phi) is 5.80. The molecule has 0 aromatic heterocycles. The van der Waals surface area contributed by atoms with Gasteiger partial charge in [0.15, 0.2) is 5.78 Å². The quantitative estimate of drug-likeness (QED) is 0.572. The molecule has 2 aromatic carbocycles. The molecule has 0 heterocycles. The largest absolute Gasteiger partial charge is 0.508 e. The summed E-state index contributed by atoms with van der Waals surface area (Å²) in [7, 11) is 0. The molecule has 2 rings (SSSR count). The van der Waals surface area contributed by atoms with Crippen LogP contribution < -0.4 is 0 Å². The van der Waals surface area contributed by atoms with Gasteiger partial charge in [0.2, 0.25) is 0 Å². The number of hydrogen-bond donors (Lipinski definition) is 2. The van der Waals surface area contributed by atoms with Crippen LogP contribution in [0.4, 0.5) is 0 Å². The van der Waals surface area contributed by atoms with Gasteiger partial charge in [-0.3, -0.25) is 4.79 Å². The Bertz CT molecular complexity index is 689. The molecule has 0 atom stereocenters. The zero-order valence-corrected chi connectivity index (χ0v) is 13.8. The fraction of sp³-hybridized carbons (Fsp3) is 0.350. The van der Waals surface area contributed by atoms with Crippen molar-refractivity contribution in [1.82, 2.24) is 0 Å². The highest BCUT2D eigenvalue weighted by Crippen LogP contribution is 2.33. The van der Waals surface area contributed by atoms with Crippen molar-refractivity contribution in [2.45, 2.75) is 46.0 Å². The van der Waals surface area contributed by atoms with Crippen molar-refractivity contribution < 1.29 is 15.0 Å². The smallest absolute Gasteiger partial charge is 0.197 e. The first-order chi connectivity index (χ1) is 11.1. The van der Waals surface area contributed by atoms with Gasteiger partial charge in [0.05, 0.1) is 5.56 Å². The second-order valence-corrected chi connectivity index (χ2v) is 5.91. The van der Waals surface area contributed by atoms with Crippen LogP contribution in [0, 0.1) is 6.92 Å². The fourth-order valence-electron chi connectivity index (χ4n) is 2.76.